The minimum Gasteiger partial charge on any atom is -0.381 e. The van der Waals surface area contributed by atoms with E-state index in [1.807, 2.05) is 0 Å². The molecule has 0 aliphatic carbocycles. The first kappa shape index (κ1) is 11.0. The maximum atomic E-state index is 5.74. The molecule has 1 spiro atoms. The molecule has 3 aliphatic rings. The van der Waals surface area contributed by atoms with Crippen LogP contribution in [0.15, 0.2) is 0 Å². The van der Waals surface area contributed by atoms with Crippen molar-refractivity contribution in [2.75, 3.05) is 39.5 Å². The largest absolute Gasteiger partial charge is 0.381 e. The van der Waals surface area contributed by atoms with Crippen molar-refractivity contribution in [3.63, 3.8) is 0 Å². The molecule has 3 fully saturated rings. The fraction of sp³-hybridized carbons (Fsp3) is 1.00. The summed E-state index contributed by atoms with van der Waals surface area (Å²) in [6, 6.07) is 0.729. The lowest BCUT2D eigenvalue weighted by Crippen LogP contribution is -2.50. The molecule has 4 nitrogen and oxygen atoms in total. The molecule has 0 aromatic carbocycles. The molecule has 16 heavy (non-hydrogen) atoms. The van der Waals surface area contributed by atoms with E-state index in [4.69, 9.17) is 14.2 Å². The number of hydrogen-bond acceptors (Lipinski definition) is 4. The molecule has 0 atom stereocenters. The zero-order valence-corrected chi connectivity index (χ0v) is 9.82. The maximum Gasteiger partial charge on any atom is 0.170 e. The second-order valence-corrected chi connectivity index (χ2v) is 4.99. The topological polar surface area (TPSA) is 30.9 Å². The Bertz CT molecular complexity index is 224. The van der Waals surface area contributed by atoms with Gasteiger partial charge in [0.1, 0.15) is 0 Å². The summed E-state index contributed by atoms with van der Waals surface area (Å²) in [6.45, 7) is 5.64. The average molecular weight is 227 g/mol. The standard InChI is InChI=1S/C12H21NO3/c1-7-14-8-2-11(1)13-5-3-12(4-6-13)15-9-10-16-12/h11H,1-10H2. The Morgan fingerprint density at radius 2 is 1.50 bits per heavy atom. The van der Waals surface area contributed by atoms with E-state index in [-0.39, 0.29) is 5.79 Å². The van der Waals surface area contributed by atoms with E-state index in [0.717, 1.165) is 58.4 Å². The molecule has 0 N–H and O–H groups in total. The van der Waals surface area contributed by atoms with Crippen LogP contribution in [0.5, 0.6) is 0 Å². The lowest BCUT2D eigenvalue weighted by Gasteiger charge is -2.42. The van der Waals surface area contributed by atoms with Crippen molar-refractivity contribution in [3.05, 3.63) is 0 Å². The van der Waals surface area contributed by atoms with E-state index in [2.05, 4.69) is 4.90 Å². The Kier molecular flexibility index (Phi) is 3.16. The van der Waals surface area contributed by atoms with Crippen LogP contribution in [0.25, 0.3) is 0 Å². The van der Waals surface area contributed by atoms with Crippen LogP contribution >= 0.6 is 0 Å². The molecule has 92 valence electrons. The zero-order valence-electron chi connectivity index (χ0n) is 9.82. The monoisotopic (exact) mass is 227 g/mol. The molecule has 0 radical (unpaired) electrons. The Hall–Kier alpha value is -0.160. The summed E-state index contributed by atoms with van der Waals surface area (Å²) in [6.07, 6.45) is 4.44. The van der Waals surface area contributed by atoms with E-state index >= 15 is 0 Å². The van der Waals surface area contributed by atoms with Crippen molar-refractivity contribution in [3.8, 4) is 0 Å². The summed E-state index contributed by atoms with van der Waals surface area (Å²) in [5, 5.41) is 0. The van der Waals surface area contributed by atoms with Gasteiger partial charge < -0.3 is 14.2 Å². The van der Waals surface area contributed by atoms with Gasteiger partial charge in [-0.2, -0.15) is 0 Å². The van der Waals surface area contributed by atoms with Crippen molar-refractivity contribution in [1.29, 1.82) is 0 Å². The van der Waals surface area contributed by atoms with Gasteiger partial charge in [-0.25, -0.2) is 0 Å². The quantitative estimate of drug-likeness (QED) is 0.669. The lowest BCUT2D eigenvalue weighted by atomic mass is 9.99. The molecular weight excluding hydrogens is 206 g/mol. The number of nitrogens with zero attached hydrogens (tertiary/aromatic N) is 1. The van der Waals surface area contributed by atoms with E-state index < -0.39 is 0 Å². The van der Waals surface area contributed by atoms with E-state index in [1.54, 1.807) is 0 Å². The number of piperidine rings is 1. The van der Waals surface area contributed by atoms with Crippen molar-refractivity contribution in [2.24, 2.45) is 0 Å². The molecule has 3 saturated heterocycles. The highest BCUT2D eigenvalue weighted by molar-refractivity contribution is 4.86. The van der Waals surface area contributed by atoms with Gasteiger partial charge >= 0.3 is 0 Å². The third kappa shape index (κ3) is 2.12. The number of likely N-dealkylation sites (tertiary alicyclic amines) is 1. The van der Waals surface area contributed by atoms with E-state index in [9.17, 15) is 0 Å². The first-order chi connectivity index (χ1) is 7.88. The third-order valence-electron chi connectivity index (χ3n) is 4.08. The van der Waals surface area contributed by atoms with Gasteiger partial charge in [0.15, 0.2) is 5.79 Å². The predicted octanol–water partition coefficient (Wildman–Crippen LogP) is 1.00. The predicted molar refractivity (Wildman–Crippen MR) is 59.3 cm³/mol. The molecule has 3 heterocycles. The van der Waals surface area contributed by atoms with Crippen molar-refractivity contribution in [1.82, 2.24) is 4.90 Å². The molecule has 0 amide bonds. The van der Waals surface area contributed by atoms with Crippen LogP contribution in [-0.2, 0) is 14.2 Å². The summed E-state index contributed by atoms with van der Waals surface area (Å²) >= 11 is 0. The average Bonchev–Trinajstić information content (AvgIpc) is 2.80. The Labute approximate surface area is 96.8 Å². The normalized spacial score (nSPS) is 32.2. The third-order valence-corrected chi connectivity index (χ3v) is 4.08. The highest BCUT2D eigenvalue weighted by Crippen LogP contribution is 2.32. The summed E-state index contributed by atoms with van der Waals surface area (Å²) in [5.74, 6) is -0.221. The van der Waals surface area contributed by atoms with Crippen LogP contribution in [0, 0.1) is 0 Å². The minimum absolute atomic E-state index is 0.221. The second kappa shape index (κ2) is 4.61. The van der Waals surface area contributed by atoms with Crippen molar-refractivity contribution in [2.45, 2.75) is 37.5 Å². The Morgan fingerprint density at radius 1 is 0.875 bits per heavy atom. The summed E-state index contributed by atoms with van der Waals surface area (Å²) in [4.78, 5) is 2.60. The lowest BCUT2D eigenvalue weighted by molar-refractivity contribution is -0.189. The van der Waals surface area contributed by atoms with Crippen molar-refractivity contribution >= 4 is 0 Å². The SMILES string of the molecule is C1CC(N2CCC3(CC2)OCCO3)CCO1. The van der Waals surface area contributed by atoms with E-state index in [0.29, 0.717) is 0 Å². The zero-order chi connectivity index (χ0) is 10.8. The van der Waals surface area contributed by atoms with Gasteiger partial charge in [-0.05, 0) is 12.8 Å². The molecule has 3 aliphatic heterocycles. The van der Waals surface area contributed by atoms with Crippen LogP contribution in [0.1, 0.15) is 25.7 Å². The van der Waals surface area contributed by atoms with Gasteiger partial charge in [-0.15, -0.1) is 0 Å². The van der Waals surface area contributed by atoms with Gasteiger partial charge in [-0.3, -0.25) is 4.90 Å². The van der Waals surface area contributed by atoms with Crippen LogP contribution < -0.4 is 0 Å². The number of ether oxygens (including phenoxy) is 3. The molecule has 4 heteroatoms. The highest BCUT2D eigenvalue weighted by Gasteiger charge is 2.41. The Balaban J connectivity index is 1.53. The molecule has 0 saturated carbocycles. The molecule has 0 aromatic heterocycles. The fourth-order valence-corrected chi connectivity index (χ4v) is 3.07. The molecule has 3 rings (SSSR count). The maximum absolute atomic E-state index is 5.74. The van der Waals surface area contributed by atoms with Gasteiger partial charge in [0.25, 0.3) is 0 Å². The highest BCUT2D eigenvalue weighted by atomic mass is 16.7. The van der Waals surface area contributed by atoms with Gasteiger partial charge in [0.2, 0.25) is 0 Å². The van der Waals surface area contributed by atoms with Crippen LogP contribution in [0.4, 0.5) is 0 Å². The minimum atomic E-state index is -0.221. The Morgan fingerprint density at radius 3 is 2.12 bits per heavy atom. The second-order valence-electron chi connectivity index (χ2n) is 4.99. The number of hydrogen-bond donors (Lipinski definition) is 0. The van der Waals surface area contributed by atoms with Gasteiger partial charge in [0.05, 0.1) is 13.2 Å². The first-order valence-corrected chi connectivity index (χ1v) is 6.48. The molecule has 0 unspecified atom stereocenters. The fourth-order valence-electron chi connectivity index (χ4n) is 3.07. The summed E-state index contributed by atoms with van der Waals surface area (Å²) in [5.41, 5.74) is 0. The number of rotatable bonds is 1. The van der Waals surface area contributed by atoms with Crippen LogP contribution in [-0.4, -0.2) is 56.2 Å². The smallest absolute Gasteiger partial charge is 0.170 e. The van der Waals surface area contributed by atoms with E-state index in [1.165, 1.54) is 12.8 Å². The summed E-state index contributed by atoms with van der Waals surface area (Å²) in [7, 11) is 0. The van der Waals surface area contributed by atoms with Crippen LogP contribution in [0.2, 0.25) is 0 Å². The molecule has 0 bridgehead atoms. The van der Waals surface area contributed by atoms with Crippen molar-refractivity contribution < 1.29 is 14.2 Å². The first-order valence-electron chi connectivity index (χ1n) is 6.48. The molecular formula is C12H21NO3. The van der Waals surface area contributed by atoms with Crippen LogP contribution in [0.3, 0.4) is 0 Å². The summed E-state index contributed by atoms with van der Waals surface area (Å²) < 4.78 is 16.9. The van der Waals surface area contributed by atoms with Gasteiger partial charge in [-0.1, -0.05) is 0 Å². The molecule has 0 aromatic rings. The van der Waals surface area contributed by atoms with Gasteiger partial charge in [0, 0.05) is 45.2 Å².